The molecule has 1 aliphatic rings. The lowest BCUT2D eigenvalue weighted by Gasteiger charge is -2.32. The fourth-order valence-corrected chi connectivity index (χ4v) is 4.34. The van der Waals surface area contributed by atoms with Crippen LogP contribution in [0.3, 0.4) is 0 Å². The number of nitrogens with zero attached hydrogens (tertiary/aromatic N) is 2. The molecule has 0 spiro atoms. The summed E-state index contributed by atoms with van der Waals surface area (Å²) in [5, 5.41) is 9.11. The molecule has 1 N–H and O–H groups in total. The lowest BCUT2D eigenvalue weighted by molar-refractivity contribution is 0.164. The van der Waals surface area contributed by atoms with E-state index in [2.05, 4.69) is 22.0 Å². The van der Waals surface area contributed by atoms with E-state index in [9.17, 15) is 8.78 Å². The molecule has 2 heterocycles. The number of benzene rings is 2. The average Bonchev–Trinajstić information content (AvgIpc) is 2.80. The molecule has 4 rings (SSSR count). The number of aromatic nitrogens is 1. The van der Waals surface area contributed by atoms with E-state index in [1.54, 1.807) is 24.4 Å². The van der Waals surface area contributed by atoms with Crippen LogP contribution in [0.25, 0.3) is 11.3 Å². The molecule has 2 aromatic carbocycles. The van der Waals surface area contributed by atoms with Crippen LogP contribution < -0.4 is 4.74 Å². The van der Waals surface area contributed by atoms with Crippen molar-refractivity contribution in [3.05, 3.63) is 83.1 Å². The normalized spacial score (nSPS) is 15.1. The van der Waals surface area contributed by atoms with Crippen molar-refractivity contribution in [2.24, 2.45) is 0 Å². The number of aliphatic hydroxyl groups excluding tert-OH is 1. The zero-order valence-corrected chi connectivity index (χ0v) is 18.2. The van der Waals surface area contributed by atoms with Crippen molar-refractivity contribution in [2.45, 2.75) is 32.3 Å². The Kier molecular flexibility index (Phi) is 7.12. The molecule has 3 aromatic rings. The molecule has 32 heavy (non-hydrogen) atoms. The first-order valence-electron chi connectivity index (χ1n) is 11.0. The molecule has 0 radical (unpaired) electrons. The number of likely N-dealkylation sites (tertiary alicyclic amines) is 1. The predicted molar refractivity (Wildman–Crippen MR) is 121 cm³/mol. The third kappa shape index (κ3) is 5.14. The number of piperidine rings is 1. The van der Waals surface area contributed by atoms with Crippen LogP contribution in [0.15, 0.2) is 54.7 Å². The first-order chi connectivity index (χ1) is 15.5. The van der Waals surface area contributed by atoms with E-state index in [4.69, 9.17) is 9.84 Å². The Morgan fingerprint density at radius 1 is 1.09 bits per heavy atom. The lowest BCUT2D eigenvalue weighted by atomic mass is 9.88. The van der Waals surface area contributed by atoms with Gasteiger partial charge in [0.15, 0.2) is 11.6 Å². The summed E-state index contributed by atoms with van der Waals surface area (Å²) in [7, 11) is 0. The standard InChI is InChI=1S/C26H28F2N2O2/c1-18-14-20(19-7-10-30(11-8-19)12-13-31)5-6-21(18)17-32-26-23(15-22(27)16-24(26)28)25-4-2-3-9-29-25/h2-6,9,14-16,19,31H,7-8,10-13,17H2,1H3. The number of hydrogen-bond acceptors (Lipinski definition) is 4. The first-order valence-corrected chi connectivity index (χ1v) is 11.0. The molecular formula is C26H28F2N2O2. The van der Waals surface area contributed by atoms with Crippen LogP contribution in [-0.2, 0) is 6.61 Å². The molecule has 4 nitrogen and oxygen atoms in total. The number of halogens is 2. The molecule has 1 fully saturated rings. The van der Waals surface area contributed by atoms with E-state index >= 15 is 0 Å². The maximum atomic E-state index is 14.6. The van der Waals surface area contributed by atoms with E-state index in [0.717, 1.165) is 49.7 Å². The summed E-state index contributed by atoms with van der Waals surface area (Å²) in [6.07, 6.45) is 3.73. The molecule has 0 bridgehead atoms. The summed E-state index contributed by atoms with van der Waals surface area (Å²) in [4.78, 5) is 6.51. The van der Waals surface area contributed by atoms with Gasteiger partial charge in [0, 0.05) is 24.4 Å². The Morgan fingerprint density at radius 2 is 1.91 bits per heavy atom. The van der Waals surface area contributed by atoms with E-state index in [1.807, 2.05) is 13.0 Å². The molecule has 1 saturated heterocycles. The first kappa shape index (κ1) is 22.4. The van der Waals surface area contributed by atoms with Gasteiger partial charge in [0.1, 0.15) is 12.4 Å². The van der Waals surface area contributed by atoms with Crippen LogP contribution >= 0.6 is 0 Å². The largest absolute Gasteiger partial charge is 0.485 e. The van der Waals surface area contributed by atoms with E-state index in [1.165, 1.54) is 11.6 Å². The summed E-state index contributed by atoms with van der Waals surface area (Å²) in [6, 6.07) is 13.7. The number of hydrogen-bond donors (Lipinski definition) is 1. The molecule has 6 heteroatoms. The van der Waals surface area contributed by atoms with Gasteiger partial charge in [-0.15, -0.1) is 0 Å². The number of β-amino-alcohol motifs (C(OH)–C–C–N with tert-alkyl or cyclic N) is 1. The molecule has 0 aliphatic carbocycles. The Hall–Kier alpha value is -2.83. The fourth-order valence-electron chi connectivity index (χ4n) is 4.34. The second kappa shape index (κ2) is 10.2. The van der Waals surface area contributed by atoms with Gasteiger partial charge in [-0.05, 0) is 73.7 Å². The van der Waals surface area contributed by atoms with Crippen molar-refractivity contribution in [3.63, 3.8) is 0 Å². The Morgan fingerprint density at radius 3 is 2.59 bits per heavy atom. The lowest BCUT2D eigenvalue weighted by Crippen LogP contribution is -2.34. The van der Waals surface area contributed by atoms with Crippen LogP contribution in [0.1, 0.15) is 35.4 Å². The second-order valence-electron chi connectivity index (χ2n) is 8.29. The molecule has 0 unspecified atom stereocenters. The number of aliphatic hydroxyl groups is 1. The number of pyridine rings is 1. The topological polar surface area (TPSA) is 45.6 Å². The highest BCUT2D eigenvalue weighted by atomic mass is 19.1. The fraction of sp³-hybridized carbons (Fsp3) is 0.346. The maximum absolute atomic E-state index is 14.6. The minimum absolute atomic E-state index is 0.00447. The van der Waals surface area contributed by atoms with Crippen LogP contribution in [0.4, 0.5) is 8.78 Å². The van der Waals surface area contributed by atoms with Gasteiger partial charge < -0.3 is 14.7 Å². The van der Waals surface area contributed by atoms with Crippen molar-refractivity contribution in [2.75, 3.05) is 26.2 Å². The maximum Gasteiger partial charge on any atom is 0.168 e. The Balaban J connectivity index is 1.48. The minimum atomic E-state index is -0.741. The van der Waals surface area contributed by atoms with Crippen molar-refractivity contribution < 1.29 is 18.6 Å². The zero-order chi connectivity index (χ0) is 22.5. The highest BCUT2D eigenvalue weighted by Gasteiger charge is 2.21. The van der Waals surface area contributed by atoms with Gasteiger partial charge in [-0.25, -0.2) is 8.78 Å². The number of rotatable bonds is 7. The smallest absolute Gasteiger partial charge is 0.168 e. The minimum Gasteiger partial charge on any atom is -0.485 e. The summed E-state index contributed by atoms with van der Waals surface area (Å²) in [5.41, 5.74) is 4.11. The molecule has 0 saturated carbocycles. The van der Waals surface area contributed by atoms with Gasteiger partial charge in [-0.3, -0.25) is 4.98 Å². The zero-order valence-electron chi connectivity index (χ0n) is 18.2. The van der Waals surface area contributed by atoms with Gasteiger partial charge in [-0.2, -0.15) is 0 Å². The van der Waals surface area contributed by atoms with Crippen LogP contribution in [0.2, 0.25) is 0 Å². The van der Waals surface area contributed by atoms with E-state index < -0.39 is 11.6 Å². The Labute approximate surface area is 187 Å². The SMILES string of the molecule is Cc1cc(C2CCN(CCO)CC2)ccc1COc1c(F)cc(F)cc1-c1ccccn1. The van der Waals surface area contributed by atoms with E-state index in [0.29, 0.717) is 17.2 Å². The second-order valence-corrected chi connectivity index (χ2v) is 8.29. The monoisotopic (exact) mass is 438 g/mol. The molecule has 1 aliphatic heterocycles. The molecule has 0 amide bonds. The molecule has 168 valence electrons. The third-order valence-electron chi connectivity index (χ3n) is 6.16. The van der Waals surface area contributed by atoms with Gasteiger partial charge in [0.25, 0.3) is 0 Å². The average molecular weight is 439 g/mol. The van der Waals surface area contributed by atoms with Gasteiger partial charge in [0.2, 0.25) is 0 Å². The van der Waals surface area contributed by atoms with Crippen molar-refractivity contribution in [3.8, 4) is 17.0 Å². The Bertz CT molecular complexity index is 1050. The predicted octanol–water partition coefficient (Wildman–Crippen LogP) is 5.09. The quantitative estimate of drug-likeness (QED) is 0.558. The highest BCUT2D eigenvalue weighted by Crippen LogP contribution is 2.34. The van der Waals surface area contributed by atoms with Crippen molar-refractivity contribution >= 4 is 0 Å². The van der Waals surface area contributed by atoms with Crippen LogP contribution in [-0.4, -0.2) is 41.2 Å². The summed E-state index contributed by atoms with van der Waals surface area (Å²) in [6.45, 7) is 5.15. The van der Waals surface area contributed by atoms with Gasteiger partial charge in [0.05, 0.1) is 12.3 Å². The van der Waals surface area contributed by atoms with Crippen molar-refractivity contribution in [1.29, 1.82) is 0 Å². The molecule has 1 aromatic heterocycles. The molecular weight excluding hydrogens is 410 g/mol. The molecule has 0 atom stereocenters. The van der Waals surface area contributed by atoms with Crippen LogP contribution in [0.5, 0.6) is 5.75 Å². The number of ether oxygens (including phenoxy) is 1. The summed E-state index contributed by atoms with van der Waals surface area (Å²) >= 11 is 0. The van der Waals surface area contributed by atoms with Gasteiger partial charge in [-0.1, -0.05) is 24.3 Å². The van der Waals surface area contributed by atoms with Crippen molar-refractivity contribution in [1.82, 2.24) is 9.88 Å². The number of aryl methyl sites for hydroxylation is 1. The van der Waals surface area contributed by atoms with E-state index in [-0.39, 0.29) is 19.0 Å². The highest BCUT2D eigenvalue weighted by molar-refractivity contribution is 5.67. The van der Waals surface area contributed by atoms with Gasteiger partial charge >= 0.3 is 0 Å². The summed E-state index contributed by atoms with van der Waals surface area (Å²) in [5.74, 6) is -0.899. The van der Waals surface area contributed by atoms with Crippen LogP contribution in [0, 0.1) is 18.6 Å². The third-order valence-corrected chi connectivity index (χ3v) is 6.16. The summed E-state index contributed by atoms with van der Waals surface area (Å²) < 4.78 is 34.3.